The minimum absolute atomic E-state index is 0.0824. The van der Waals surface area contributed by atoms with Crippen LogP contribution in [0.4, 0.5) is 0 Å². The highest BCUT2D eigenvalue weighted by atomic mass is 32.1. The Kier molecular flexibility index (Phi) is 10.8. The minimum atomic E-state index is -0.717. The van der Waals surface area contributed by atoms with E-state index >= 15 is 0 Å². The van der Waals surface area contributed by atoms with Crippen LogP contribution in [-0.4, -0.2) is 65.4 Å². The Bertz CT molecular complexity index is 959. The van der Waals surface area contributed by atoms with Crippen LogP contribution in [0.25, 0.3) is 0 Å². The summed E-state index contributed by atoms with van der Waals surface area (Å²) >= 11 is 1.53. The van der Waals surface area contributed by atoms with Crippen molar-refractivity contribution in [1.82, 2.24) is 4.90 Å². The molecule has 0 aliphatic rings. The second kappa shape index (κ2) is 14.0. The molecule has 0 radical (unpaired) electrons. The summed E-state index contributed by atoms with van der Waals surface area (Å²) in [5, 5.41) is 21.4. The quantitative estimate of drug-likeness (QED) is 0.302. The maximum atomic E-state index is 11.6. The zero-order chi connectivity index (χ0) is 25.0. The molecule has 0 saturated heterocycles. The first-order chi connectivity index (χ1) is 16.9. The van der Waals surface area contributed by atoms with Crippen molar-refractivity contribution in [2.75, 3.05) is 26.3 Å². The molecule has 6 nitrogen and oxygen atoms in total. The molecular weight excluding hydrogens is 462 g/mol. The molecule has 1 aromatic heterocycles. The molecule has 3 aromatic rings. The van der Waals surface area contributed by atoms with Crippen molar-refractivity contribution >= 4 is 17.1 Å². The maximum absolute atomic E-state index is 11.6. The van der Waals surface area contributed by atoms with Crippen molar-refractivity contribution in [3.05, 3.63) is 82.6 Å². The number of aryl methyl sites for hydroxylation is 1. The molecule has 0 amide bonds. The van der Waals surface area contributed by atoms with Crippen LogP contribution in [0.5, 0.6) is 11.5 Å². The molecular formula is C28H35NO5S. The molecule has 3 atom stereocenters. The van der Waals surface area contributed by atoms with Gasteiger partial charge in [-0.05, 0) is 63.1 Å². The van der Waals surface area contributed by atoms with Crippen LogP contribution >= 0.6 is 11.3 Å². The third-order valence-corrected chi connectivity index (χ3v) is 6.95. The first-order valence-corrected chi connectivity index (χ1v) is 12.8. The molecule has 0 aliphatic carbocycles. The lowest BCUT2D eigenvalue weighted by Crippen LogP contribution is -2.46. The van der Waals surface area contributed by atoms with Gasteiger partial charge in [0.2, 0.25) is 0 Å². The molecule has 0 bridgehead atoms. The number of Topliss-reactive ketones (excluding diaryl/α,β-unsaturated/α-hetero) is 1. The fourth-order valence-electron chi connectivity index (χ4n) is 3.73. The van der Waals surface area contributed by atoms with Gasteiger partial charge in [0.1, 0.15) is 36.9 Å². The Morgan fingerprint density at radius 2 is 1.37 bits per heavy atom. The summed E-state index contributed by atoms with van der Waals surface area (Å²) in [6, 6.07) is 22.8. The number of aliphatic hydroxyl groups excluding tert-OH is 2. The molecule has 0 spiro atoms. The standard InChI is InChI=1S/C28H35NO5S/c1-21(13-14-27-15-16-28(35-27)22(2)30)29(17-23(31)19-33-25-9-5-3-6-10-25)18-24(32)20-34-26-11-7-4-8-12-26/h3-12,15-16,21,23-24,31-32H,13-14,17-20H2,1-2H3/t21-,23-,24-/m0/s1. The Hall–Kier alpha value is -2.71. The number of carbonyl (C=O) groups is 1. The lowest BCUT2D eigenvalue weighted by Gasteiger charge is -2.32. The summed E-state index contributed by atoms with van der Waals surface area (Å²) < 4.78 is 11.4. The van der Waals surface area contributed by atoms with E-state index in [0.717, 1.165) is 22.6 Å². The van der Waals surface area contributed by atoms with Gasteiger partial charge in [0.15, 0.2) is 5.78 Å². The van der Waals surface area contributed by atoms with Gasteiger partial charge in [0.05, 0.1) is 4.88 Å². The number of hydrogen-bond donors (Lipinski definition) is 2. The van der Waals surface area contributed by atoms with E-state index in [1.54, 1.807) is 6.92 Å². The monoisotopic (exact) mass is 497 g/mol. The van der Waals surface area contributed by atoms with E-state index in [4.69, 9.17) is 9.47 Å². The van der Waals surface area contributed by atoms with Crippen molar-refractivity contribution in [2.45, 2.75) is 44.9 Å². The number of para-hydroxylation sites is 2. The highest BCUT2D eigenvalue weighted by Crippen LogP contribution is 2.20. The molecule has 0 saturated carbocycles. The lowest BCUT2D eigenvalue weighted by molar-refractivity contribution is 0.0154. The van der Waals surface area contributed by atoms with E-state index in [0.29, 0.717) is 24.6 Å². The van der Waals surface area contributed by atoms with Crippen LogP contribution in [0.1, 0.15) is 34.8 Å². The highest BCUT2D eigenvalue weighted by molar-refractivity contribution is 7.14. The largest absolute Gasteiger partial charge is 0.491 e. The molecule has 0 fully saturated rings. The van der Waals surface area contributed by atoms with E-state index in [1.165, 1.54) is 11.3 Å². The molecule has 2 N–H and O–H groups in total. The minimum Gasteiger partial charge on any atom is -0.491 e. The smallest absolute Gasteiger partial charge is 0.169 e. The Morgan fingerprint density at radius 3 is 1.83 bits per heavy atom. The lowest BCUT2D eigenvalue weighted by atomic mass is 10.1. The van der Waals surface area contributed by atoms with Crippen LogP contribution in [0.15, 0.2) is 72.8 Å². The molecule has 3 rings (SSSR count). The number of nitrogens with zero attached hydrogens (tertiary/aromatic N) is 1. The van der Waals surface area contributed by atoms with Gasteiger partial charge in [-0.3, -0.25) is 9.69 Å². The van der Waals surface area contributed by atoms with Crippen molar-refractivity contribution < 1.29 is 24.5 Å². The fraction of sp³-hybridized carbons (Fsp3) is 0.393. The molecule has 1 heterocycles. The van der Waals surface area contributed by atoms with E-state index in [2.05, 4.69) is 11.8 Å². The zero-order valence-electron chi connectivity index (χ0n) is 20.4. The van der Waals surface area contributed by atoms with Gasteiger partial charge in [0.25, 0.3) is 0 Å². The average Bonchev–Trinajstić information content (AvgIpc) is 3.35. The van der Waals surface area contributed by atoms with Crippen LogP contribution in [0, 0.1) is 0 Å². The third-order valence-electron chi connectivity index (χ3n) is 5.70. The van der Waals surface area contributed by atoms with Gasteiger partial charge in [-0.25, -0.2) is 0 Å². The summed E-state index contributed by atoms with van der Waals surface area (Å²) in [4.78, 5) is 15.6. The normalized spacial score (nSPS) is 13.9. The molecule has 0 aliphatic heterocycles. The topological polar surface area (TPSA) is 79.2 Å². The van der Waals surface area contributed by atoms with E-state index in [-0.39, 0.29) is 25.0 Å². The number of thiophene rings is 1. The first kappa shape index (κ1) is 26.9. The molecule has 7 heteroatoms. The fourth-order valence-corrected chi connectivity index (χ4v) is 4.65. The SMILES string of the molecule is CC(=O)c1ccc(CC[C@H](C)N(C[C@H](O)COc2ccccc2)C[C@H](O)COc2ccccc2)s1. The van der Waals surface area contributed by atoms with Gasteiger partial charge in [-0.1, -0.05) is 36.4 Å². The predicted octanol–water partition coefficient (Wildman–Crippen LogP) is 4.45. The highest BCUT2D eigenvalue weighted by Gasteiger charge is 2.22. The summed E-state index contributed by atoms with van der Waals surface area (Å²) in [7, 11) is 0. The number of aliphatic hydroxyl groups is 2. The van der Waals surface area contributed by atoms with Gasteiger partial charge in [-0.15, -0.1) is 11.3 Å². The third kappa shape index (κ3) is 9.45. The van der Waals surface area contributed by atoms with Crippen LogP contribution in [0.2, 0.25) is 0 Å². The summed E-state index contributed by atoms with van der Waals surface area (Å²) in [6.45, 7) is 4.72. The number of rotatable bonds is 15. The van der Waals surface area contributed by atoms with Crippen molar-refractivity contribution in [3.8, 4) is 11.5 Å². The van der Waals surface area contributed by atoms with Crippen molar-refractivity contribution in [2.24, 2.45) is 0 Å². The van der Waals surface area contributed by atoms with E-state index in [9.17, 15) is 15.0 Å². The summed E-state index contributed by atoms with van der Waals surface area (Å²) in [5.74, 6) is 1.50. The van der Waals surface area contributed by atoms with Crippen LogP contribution < -0.4 is 9.47 Å². The van der Waals surface area contributed by atoms with Gasteiger partial charge < -0.3 is 19.7 Å². The second-order valence-electron chi connectivity index (χ2n) is 8.72. The first-order valence-electron chi connectivity index (χ1n) is 12.0. The zero-order valence-corrected chi connectivity index (χ0v) is 21.2. The molecule has 2 aromatic carbocycles. The number of ketones is 1. The summed E-state index contributed by atoms with van der Waals surface area (Å²) in [5.41, 5.74) is 0. The van der Waals surface area contributed by atoms with Crippen LogP contribution in [0.3, 0.4) is 0 Å². The molecule has 0 unspecified atom stereocenters. The van der Waals surface area contributed by atoms with E-state index in [1.807, 2.05) is 72.8 Å². The predicted molar refractivity (Wildman–Crippen MR) is 140 cm³/mol. The Morgan fingerprint density at radius 1 is 0.857 bits per heavy atom. The van der Waals surface area contributed by atoms with Gasteiger partial charge in [0, 0.05) is 24.0 Å². The number of benzene rings is 2. The number of carbonyl (C=O) groups excluding carboxylic acids is 1. The Labute approximate surface area is 211 Å². The van der Waals surface area contributed by atoms with E-state index < -0.39 is 12.2 Å². The van der Waals surface area contributed by atoms with Gasteiger partial charge >= 0.3 is 0 Å². The summed E-state index contributed by atoms with van der Waals surface area (Å²) in [6.07, 6.45) is 0.219. The number of ether oxygens (including phenoxy) is 2. The average molecular weight is 498 g/mol. The molecule has 35 heavy (non-hydrogen) atoms. The number of hydrogen-bond acceptors (Lipinski definition) is 7. The van der Waals surface area contributed by atoms with Crippen LogP contribution in [-0.2, 0) is 6.42 Å². The van der Waals surface area contributed by atoms with Crippen molar-refractivity contribution in [1.29, 1.82) is 0 Å². The second-order valence-corrected chi connectivity index (χ2v) is 9.89. The van der Waals surface area contributed by atoms with Gasteiger partial charge in [-0.2, -0.15) is 0 Å². The maximum Gasteiger partial charge on any atom is 0.169 e. The van der Waals surface area contributed by atoms with Crippen molar-refractivity contribution in [3.63, 3.8) is 0 Å². The Balaban J connectivity index is 1.56. The molecule has 188 valence electrons.